The molecule has 0 radical (unpaired) electrons. The van der Waals surface area contributed by atoms with Crippen LogP contribution in [0.25, 0.3) is 0 Å². The second kappa shape index (κ2) is 5.28. The summed E-state index contributed by atoms with van der Waals surface area (Å²) >= 11 is 1.42. The molecular weight excluding hydrogens is 290 g/mol. The van der Waals surface area contributed by atoms with Gasteiger partial charge >= 0.3 is 0 Å². The Morgan fingerprint density at radius 3 is 2.48 bits per heavy atom. The normalized spacial score (nSPS) is 34.2. The number of hydrogen-bond acceptors (Lipinski definition) is 5. The first kappa shape index (κ1) is 16.3. The first-order chi connectivity index (χ1) is 9.62. The number of hydrogen-bond donors (Lipinski definition) is 2. The van der Waals surface area contributed by atoms with Crippen LogP contribution in [0.2, 0.25) is 0 Å². The number of carbonyl (C=O) groups is 2. The zero-order valence-corrected chi connectivity index (χ0v) is 14.0. The molecule has 1 aliphatic carbocycles. The van der Waals surface area contributed by atoms with Crippen LogP contribution in [0, 0.1) is 17.3 Å². The minimum absolute atomic E-state index is 0.0780. The van der Waals surface area contributed by atoms with Gasteiger partial charge < -0.3 is 10.4 Å². The van der Waals surface area contributed by atoms with Crippen molar-refractivity contribution in [1.29, 1.82) is 0 Å². The van der Waals surface area contributed by atoms with E-state index < -0.39 is 4.87 Å². The highest BCUT2D eigenvalue weighted by molar-refractivity contribution is 8.15. The Morgan fingerprint density at radius 1 is 1.43 bits per heavy atom. The molecule has 21 heavy (non-hydrogen) atoms. The quantitative estimate of drug-likeness (QED) is 0.806. The lowest BCUT2D eigenvalue weighted by molar-refractivity contribution is -0.143. The highest BCUT2D eigenvalue weighted by Crippen LogP contribution is 2.61. The summed E-state index contributed by atoms with van der Waals surface area (Å²) in [5.74, 6) is 0.0910. The van der Waals surface area contributed by atoms with E-state index in [-0.39, 0.29) is 35.7 Å². The fraction of sp³-hybridized carbons (Fsp3) is 0.786. The third-order valence-corrected chi connectivity index (χ3v) is 6.08. The molecule has 0 aromatic rings. The van der Waals surface area contributed by atoms with Crippen molar-refractivity contribution in [3.8, 4) is 0 Å². The third kappa shape index (κ3) is 2.57. The number of nitrogens with zero attached hydrogens (tertiary/aromatic N) is 2. The zero-order valence-electron chi connectivity index (χ0n) is 13.1. The van der Waals surface area contributed by atoms with Crippen molar-refractivity contribution >= 4 is 28.7 Å². The maximum atomic E-state index is 11.9. The standard InChI is InChI=1S/C14H23N3O3S/c1-8(19)15-12-16-17(9(2)20)14(5,21-12)11-6-10(7-18)13(11,3)4/h10-11,18H,6-7H2,1-5H3,(H,15,16,19)/t10-,11-,14?/m1/s1. The summed E-state index contributed by atoms with van der Waals surface area (Å²) in [6, 6.07) is 0. The van der Waals surface area contributed by atoms with E-state index in [0.717, 1.165) is 6.42 Å². The lowest BCUT2D eigenvalue weighted by Crippen LogP contribution is -2.60. The summed E-state index contributed by atoms with van der Waals surface area (Å²) in [6.07, 6.45) is 0.847. The number of rotatable bonds is 2. The van der Waals surface area contributed by atoms with Crippen molar-refractivity contribution in [3.05, 3.63) is 0 Å². The van der Waals surface area contributed by atoms with E-state index in [4.69, 9.17) is 0 Å². The van der Waals surface area contributed by atoms with Gasteiger partial charge in [-0.25, -0.2) is 5.01 Å². The Labute approximate surface area is 129 Å². The smallest absolute Gasteiger partial charge is 0.240 e. The lowest BCUT2D eigenvalue weighted by atomic mass is 9.52. The van der Waals surface area contributed by atoms with Gasteiger partial charge in [0.2, 0.25) is 11.8 Å². The third-order valence-electron chi connectivity index (χ3n) is 4.83. The van der Waals surface area contributed by atoms with Gasteiger partial charge in [0, 0.05) is 20.5 Å². The molecule has 1 fully saturated rings. The number of amides is 2. The van der Waals surface area contributed by atoms with Crippen LogP contribution >= 0.6 is 11.8 Å². The predicted molar refractivity (Wildman–Crippen MR) is 82.2 cm³/mol. The molecule has 2 amide bonds. The summed E-state index contributed by atoms with van der Waals surface area (Å²) in [5, 5.41) is 18.3. The molecule has 6 nitrogen and oxygen atoms in total. The second-order valence-electron chi connectivity index (χ2n) is 6.56. The van der Waals surface area contributed by atoms with Gasteiger partial charge in [0.05, 0.1) is 0 Å². The average molecular weight is 313 g/mol. The molecule has 1 unspecified atom stereocenters. The van der Waals surface area contributed by atoms with Crippen LogP contribution < -0.4 is 5.32 Å². The van der Waals surface area contributed by atoms with E-state index in [1.54, 1.807) is 0 Å². The van der Waals surface area contributed by atoms with Gasteiger partial charge in [0.15, 0.2) is 5.17 Å². The number of thioether (sulfide) groups is 1. The fourth-order valence-electron chi connectivity index (χ4n) is 3.49. The van der Waals surface area contributed by atoms with Crippen LogP contribution in [0.15, 0.2) is 5.10 Å². The fourth-order valence-corrected chi connectivity index (χ4v) is 4.99. The molecular formula is C14H23N3O3S. The Bertz CT molecular complexity index is 506. The zero-order chi connectivity index (χ0) is 16.0. The maximum absolute atomic E-state index is 11.9. The van der Waals surface area contributed by atoms with E-state index in [1.807, 2.05) is 6.92 Å². The van der Waals surface area contributed by atoms with Crippen LogP contribution in [0.1, 0.15) is 41.0 Å². The number of aliphatic hydroxyl groups excluding tert-OH is 1. The van der Waals surface area contributed by atoms with Gasteiger partial charge in [-0.3, -0.25) is 9.59 Å². The van der Waals surface area contributed by atoms with Gasteiger partial charge in [-0.2, -0.15) is 0 Å². The molecule has 1 heterocycles. The maximum Gasteiger partial charge on any atom is 0.240 e. The Hall–Kier alpha value is -1.08. The second-order valence-corrected chi connectivity index (χ2v) is 7.98. The largest absolute Gasteiger partial charge is 0.396 e. The van der Waals surface area contributed by atoms with E-state index in [9.17, 15) is 14.7 Å². The van der Waals surface area contributed by atoms with Crippen molar-refractivity contribution in [3.63, 3.8) is 0 Å². The molecule has 7 heteroatoms. The summed E-state index contributed by atoms with van der Waals surface area (Å²) in [6.45, 7) is 9.27. The number of amidine groups is 1. The highest BCUT2D eigenvalue weighted by Gasteiger charge is 2.60. The van der Waals surface area contributed by atoms with E-state index >= 15 is 0 Å². The predicted octanol–water partition coefficient (Wildman–Crippen LogP) is 1.36. The molecule has 118 valence electrons. The lowest BCUT2D eigenvalue weighted by Gasteiger charge is -2.58. The molecule has 3 atom stereocenters. The minimum Gasteiger partial charge on any atom is -0.396 e. The van der Waals surface area contributed by atoms with Crippen molar-refractivity contribution < 1.29 is 14.7 Å². The van der Waals surface area contributed by atoms with Crippen LogP contribution in [-0.4, -0.2) is 38.6 Å². The molecule has 0 aromatic carbocycles. The van der Waals surface area contributed by atoms with Gasteiger partial charge in [-0.1, -0.05) is 25.6 Å². The Balaban J connectivity index is 2.26. The van der Waals surface area contributed by atoms with Gasteiger partial charge in [0.25, 0.3) is 0 Å². The first-order valence-electron chi connectivity index (χ1n) is 7.09. The topological polar surface area (TPSA) is 82.0 Å². The van der Waals surface area contributed by atoms with Crippen LogP contribution in [-0.2, 0) is 9.59 Å². The molecule has 2 N–H and O–H groups in total. The van der Waals surface area contributed by atoms with Crippen LogP contribution in [0.3, 0.4) is 0 Å². The van der Waals surface area contributed by atoms with E-state index in [0.29, 0.717) is 5.17 Å². The van der Waals surface area contributed by atoms with Gasteiger partial charge in [-0.05, 0) is 30.6 Å². The number of carbonyl (C=O) groups excluding carboxylic acids is 2. The Morgan fingerprint density at radius 2 is 2.05 bits per heavy atom. The first-order valence-corrected chi connectivity index (χ1v) is 7.91. The number of aliphatic hydroxyl groups is 1. The summed E-state index contributed by atoms with van der Waals surface area (Å²) in [4.78, 5) is 22.6. The molecule has 0 spiro atoms. The monoisotopic (exact) mass is 313 g/mol. The SMILES string of the molecule is CC(=O)NC1=NN(C(C)=O)C(C)([C@@H]2C[C@H](CO)C2(C)C)S1. The summed E-state index contributed by atoms with van der Waals surface area (Å²) < 4.78 is 0. The number of nitrogens with one attached hydrogen (secondary N) is 1. The highest BCUT2D eigenvalue weighted by atomic mass is 32.2. The van der Waals surface area contributed by atoms with E-state index in [1.165, 1.54) is 30.6 Å². The molecule has 2 rings (SSSR count). The van der Waals surface area contributed by atoms with Crippen molar-refractivity contribution in [2.24, 2.45) is 22.4 Å². The molecule has 1 saturated carbocycles. The molecule has 0 saturated heterocycles. The van der Waals surface area contributed by atoms with Gasteiger partial charge in [0.1, 0.15) is 4.87 Å². The van der Waals surface area contributed by atoms with Crippen LogP contribution in [0.5, 0.6) is 0 Å². The molecule has 2 aliphatic rings. The van der Waals surface area contributed by atoms with Crippen LogP contribution in [0.4, 0.5) is 0 Å². The van der Waals surface area contributed by atoms with Crippen molar-refractivity contribution in [2.75, 3.05) is 6.61 Å². The van der Waals surface area contributed by atoms with Gasteiger partial charge in [-0.15, -0.1) is 5.10 Å². The minimum atomic E-state index is -0.529. The average Bonchev–Trinajstić information content (AvgIpc) is 2.65. The van der Waals surface area contributed by atoms with E-state index in [2.05, 4.69) is 24.3 Å². The molecule has 1 aliphatic heterocycles. The number of hydrazone groups is 1. The van der Waals surface area contributed by atoms with Crippen molar-refractivity contribution in [2.45, 2.75) is 45.9 Å². The summed E-state index contributed by atoms with van der Waals surface area (Å²) in [7, 11) is 0. The Kier molecular flexibility index (Phi) is 4.10. The summed E-state index contributed by atoms with van der Waals surface area (Å²) in [5.41, 5.74) is -0.0780. The molecule has 0 aromatic heterocycles. The van der Waals surface area contributed by atoms with Crippen molar-refractivity contribution in [1.82, 2.24) is 10.3 Å². The molecule has 0 bridgehead atoms.